The minimum atomic E-state index is -0.0954. The van der Waals surface area contributed by atoms with Crippen molar-refractivity contribution in [2.24, 2.45) is 5.92 Å². The summed E-state index contributed by atoms with van der Waals surface area (Å²) in [5, 5.41) is 17.1. The smallest absolute Gasteiger partial charge is 0.309 e. The third-order valence-electron chi connectivity index (χ3n) is 4.88. The fraction of sp³-hybridized carbons (Fsp3) is 0.500. The van der Waals surface area contributed by atoms with Gasteiger partial charge in [0.2, 0.25) is 10.8 Å². The first-order valence-corrected chi connectivity index (χ1v) is 10.8. The van der Waals surface area contributed by atoms with Crippen LogP contribution in [0.3, 0.4) is 0 Å². The fourth-order valence-electron chi connectivity index (χ4n) is 3.60. The Morgan fingerprint density at radius 1 is 1.44 bits per heavy atom. The third kappa shape index (κ3) is 3.46. The maximum Gasteiger partial charge on any atom is 0.309 e. The molecule has 27 heavy (non-hydrogen) atoms. The van der Waals surface area contributed by atoms with E-state index in [1.165, 1.54) is 20.7 Å². The number of thiophene rings is 1. The van der Waals surface area contributed by atoms with E-state index in [1.807, 2.05) is 25.3 Å². The molecule has 144 valence electrons. The van der Waals surface area contributed by atoms with Gasteiger partial charge in [-0.2, -0.15) is 4.52 Å². The van der Waals surface area contributed by atoms with Crippen LogP contribution in [0, 0.1) is 12.8 Å². The van der Waals surface area contributed by atoms with E-state index < -0.39 is 0 Å². The summed E-state index contributed by atoms with van der Waals surface area (Å²) in [7, 11) is 0. The molecule has 3 aromatic heterocycles. The summed E-state index contributed by atoms with van der Waals surface area (Å²) in [5.74, 6) is 0.665. The van der Waals surface area contributed by atoms with Crippen LogP contribution in [0.5, 0.6) is 5.88 Å². The highest BCUT2D eigenvalue weighted by molar-refractivity contribution is 7.17. The number of carbonyl (C=O) groups is 1. The molecule has 4 rings (SSSR count). The van der Waals surface area contributed by atoms with E-state index in [4.69, 9.17) is 4.74 Å². The molecule has 0 bridgehead atoms. The van der Waals surface area contributed by atoms with Crippen molar-refractivity contribution in [2.75, 3.05) is 19.7 Å². The van der Waals surface area contributed by atoms with Crippen molar-refractivity contribution >= 4 is 33.6 Å². The summed E-state index contributed by atoms with van der Waals surface area (Å²) in [5.41, 5.74) is 0. The highest BCUT2D eigenvalue weighted by Gasteiger charge is 2.34. The van der Waals surface area contributed by atoms with Crippen LogP contribution in [0.4, 0.5) is 0 Å². The first-order chi connectivity index (χ1) is 13.1. The fourth-order valence-corrected chi connectivity index (χ4v) is 5.70. The molecule has 0 saturated carbocycles. The van der Waals surface area contributed by atoms with E-state index in [0.717, 1.165) is 30.8 Å². The Bertz CT molecular complexity index is 926. The van der Waals surface area contributed by atoms with Crippen molar-refractivity contribution in [1.29, 1.82) is 0 Å². The normalized spacial score (nSPS) is 17.4. The van der Waals surface area contributed by atoms with E-state index in [2.05, 4.69) is 21.0 Å². The second-order valence-corrected chi connectivity index (χ2v) is 8.61. The van der Waals surface area contributed by atoms with Crippen LogP contribution in [0.2, 0.25) is 0 Å². The van der Waals surface area contributed by atoms with Gasteiger partial charge < -0.3 is 9.84 Å². The number of aromatic hydroxyl groups is 1. The van der Waals surface area contributed by atoms with Crippen molar-refractivity contribution in [3.63, 3.8) is 0 Å². The summed E-state index contributed by atoms with van der Waals surface area (Å²) < 4.78 is 6.70. The van der Waals surface area contributed by atoms with Crippen LogP contribution in [0.15, 0.2) is 17.5 Å². The summed E-state index contributed by atoms with van der Waals surface area (Å²) >= 11 is 3.14. The lowest BCUT2D eigenvalue weighted by molar-refractivity contribution is -0.149. The van der Waals surface area contributed by atoms with Gasteiger partial charge in [0.1, 0.15) is 5.82 Å². The molecule has 3 aromatic rings. The highest BCUT2D eigenvalue weighted by atomic mass is 32.1. The van der Waals surface area contributed by atoms with Gasteiger partial charge in [0.25, 0.3) is 0 Å². The number of thiazole rings is 1. The van der Waals surface area contributed by atoms with Gasteiger partial charge in [-0.15, -0.1) is 16.4 Å². The molecule has 1 saturated heterocycles. The highest BCUT2D eigenvalue weighted by Crippen LogP contribution is 2.42. The van der Waals surface area contributed by atoms with E-state index in [-0.39, 0.29) is 23.8 Å². The van der Waals surface area contributed by atoms with Crippen LogP contribution in [0.1, 0.15) is 41.4 Å². The molecule has 1 fully saturated rings. The molecule has 1 aliphatic heterocycles. The second-order valence-electron chi connectivity index (χ2n) is 6.62. The van der Waals surface area contributed by atoms with Crippen LogP contribution in [0.25, 0.3) is 4.96 Å². The summed E-state index contributed by atoms with van der Waals surface area (Å²) in [6, 6.07) is 4.06. The molecule has 1 atom stereocenters. The average Bonchev–Trinajstić information content (AvgIpc) is 3.36. The lowest BCUT2D eigenvalue weighted by atomic mass is 9.95. The zero-order chi connectivity index (χ0) is 19.0. The Balaban J connectivity index is 1.62. The molecule has 0 unspecified atom stereocenters. The maximum atomic E-state index is 12.0. The van der Waals surface area contributed by atoms with Crippen molar-refractivity contribution in [1.82, 2.24) is 19.5 Å². The number of hydrogen-bond donors (Lipinski definition) is 1. The summed E-state index contributed by atoms with van der Waals surface area (Å²) in [4.78, 5) is 21.5. The number of fused-ring (bicyclic) bond motifs is 1. The largest absolute Gasteiger partial charge is 0.492 e. The number of likely N-dealkylation sites (tertiary alicyclic amines) is 1. The summed E-state index contributed by atoms with van der Waals surface area (Å²) in [6.07, 6.45) is 1.53. The van der Waals surface area contributed by atoms with Gasteiger partial charge in [-0.05, 0) is 51.2 Å². The van der Waals surface area contributed by atoms with Gasteiger partial charge in [0.05, 0.1) is 23.4 Å². The Labute approximate surface area is 165 Å². The molecule has 7 nitrogen and oxygen atoms in total. The number of esters is 1. The van der Waals surface area contributed by atoms with Gasteiger partial charge in [0.15, 0.2) is 0 Å². The topological polar surface area (TPSA) is 80.0 Å². The van der Waals surface area contributed by atoms with Crippen LogP contribution >= 0.6 is 22.7 Å². The molecular formula is C18H22N4O3S2. The number of aryl methyl sites for hydroxylation is 1. The molecular weight excluding hydrogens is 384 g/mol. The Morgan fingerprint density at radius 3 is 2.85 bits per heavy atom. The zero-order valence-corrected chi connectivity index (χ0v) is 16.9. The number of ether oxygens (including phenoxy) is 1. The minimum Gasteiger partial charge on any atom is -0.492 e. The SMILES string of the molecule is CCOC(=O)C1CCN([C@H](c2cccs2)c2sc3nc(C)nn3c2O)CC1. The van der Waals surface area contributed by atoms with Gasteiger partial charge in [0, 0.05) is 4.88 Å². The molecule has 9 heteroatoms. The number of aromatic nitrogens is 3. The quantitative estimate of drug-likeness (QED) is 0.656. The average molecular weight is 407 g/mol. The Hall–Kier alpha value is -1.97. The van der Waals surface area contributed by atoms with Crippen molar-refractivity contribution in [3.8, 4) is 5.88 Å². The van der Waals surface area contributed by atoms with E-state index >= 15 is 0 Å². The van der Waals surface area contributed by atoms with E-state index in [1.54, 1.807) is 11.3 Å². The molecule has 1 N–H and O–H groups in total. The Morgan fingerprint density at radius 2 is 2.22 bits per heavy atom. The van der Waals surface area contributed by atoms with Crippen molar-refractivity contribution in [3.05, 3.63) is 33.1 Å². The van der Waals surface area contributed by atoms with Crippen molar-refractivity contribution < 1.29 is 14.6 Å². The molecule has 4 heterocycles. The predicted molar refractivity (Wildman–Crippen MR) is 104 cm³/mol. The van der Waals surface area contributed by atoms with E-state index in [9.17, 15) is 9.90 Å². The lowest BCUT2D eigenvalue weighted by Gasteiger charge is -2.36. The zero-order valence-electron chi connectivity index (χ0n) is 15.3. The molecule has 0 amide bonds. The van der Waals surface area contributed by atoms with Crippen LogP contribution in [-0.4, -0.2) is 50.3 Å². The number of hydrogen-bond acceptors (Lipinski definition) is 8. The number of rotatable bonds is 5. The maximum absolute atomic E-state index is 12.0. The monoisotopic (exact) mass is 406 g/mol. The third-order valence-corrected chi connectivity index (χ3v) is 6.88. The molecule has 0 spiro atoms. The Kier molecular flexibility index (Phi) is 5.16. The van der Waals surface area contributed by atoms with Gasteiger partial charge >= 0.3 is 5.97 Å². The standard InChI is InChI=1S/C18H22N4O3S2/c1-3-25-17(24)12-6-8-21(9-7-12)14(13-5-4-10-26-13)15-16(23)22-18(27-15)19-11(2)20-22/h4-5,10,12,14,23H,3,6-9H2,1-2H3/t14-/m1/s1. The summed E-state index contributed by atoms with van der Waals surface area (Å²) in [6.45, 7) is 5.63. The lowest BCUT2D eigenvalue weighted by Crippen LogP contribution is -2.39. The van der Waals surface area contributed by atoms with Crippen LogP contribution < -0.4 is 0 Å². The molecule has 0 aromatic carbocycles. The van der Waals surface area contributed by atoms with Gasteiger partial charge in [-0.25, -0.2) is 4.98 Å². The minimum absolute atomic E-state index is 0.0382. The first kappa shape index (κ1) is 18.4. The number of piperidine rings is 1. The van der Waals surface area contributed by atoms with Gasteiger partial charge in [-0.3, -0.25) is 9.69 Å². The van der Waals surface area contributed by atoms with Gasteiger partial charge in [-0.1, -0.05) is 17.4 Å². The molecule has 0 radical (unpaired) electrons. The van der Waals surface area contributed by atoms with Crippen LogP contribution in [-0.2, 0) is 9.53 Å². The number of carbonyl (C=O) groups excluding carboxylic acids is 1. The second kappa shape index (κ2) is 7.57. The molecule has 0 aliphatic carbocycles. The van der Waals surface area contributed by atoms with Crippen molar-refractivity contribution in [2.45, 2.75) is 32.7 Å². The number of nitrogens with zero attached hydrogens (tertiary/aromatic N) is 4. The molecule has 1 aliphatic rings. The predicted octanol–water partition coefficient (Wildman–Crippen LogP) is 3.23. The first-order valence-electron chi connectivity index (χ1n) is 9.07. The van der Waals surface area contributed by atoms with E-state index in [0.29, 0.717) is 17.4 Å².